The molecule has 1 aromatic carbocycles. The Kier molecular flexibility index (Phi) is 4.64. The Balaban J connectivity index is 2.68. The lowest BCUT2D eigenvalue weighted by Gasteiger charge is -2.10. The summed E-state index contributed by atoms with van der Waals surface area (Å²) in [6.07, 6.45) is 0.743. The van der Waals surface area contributed by atoms with Crippen molar-refractivity contribution >= 4 is 5.91 Å². The monoisotopic (exact) mass is 223 g/mol. The quantitative estimate of drug-likeness (QED) is 0.820. The third-order valence-electron chi connectivity index (χ3n) is 2.26. The molecule has 0 saturated heterocycles. The molecule has 0 aliphatic rings. The van der Waals surface area contributed by atoms with Crippen LogP contribution in [0.2, 0.25) is 0 Å². The van der Waals surface area contributed by atoms with E-state index in [9.17, 15) is 4.79 Å². The van der Waals surface area contributed by atoms with Gasteiger partial charge in [0.05, 0.1) is 14.2 Å². The minimum absolute atomic E-state index is 0.0209. The number of carbonyl (C=O) groups is 1. The Morgan fingerprint density at radius 3 is 2.62 bits per heavy atom. The van der Waals surface area contributed by atoms with Gasteiger partial charge in [0.2, 0.25) is 5.91 Å². The summed E-state index contributed by atoms with van der Waals surface area (Å²) in [6.45, 7) is 2.11. The van der Waals surface area contributed by atoms with Crippen LogP contribution in [0.3, 0.4) is 0 Å². The third kappa shape index (κ3) is 3.46. The molecule has 0 spiro atoms. The molecule has 0 heterocycles. The van der Waals surface area contributed by atoms with Gasteiger partial charge >= 0.3 is 0 Å². The van der Waals surface area contributed by atoms with Crippen LogP contribution in [0.15, 0.2) is 18.2 Å². The van der Waals surface area contributed by atoms with Gasteiger partial charge in [0.25, 0.3) is 0 Å². The van der Waals surface area contributed by atoms with Crippen molar-refractivity contribution in [3.8, 4) is 11.5 Å². The number of methoxy groups -OCH3 is 2. The number of hydrogen-bond acceptors (Lipinski definition) is 3. The van der Waals surface area contributed by atoms with E-state index in [-0.39, 0.29) is 5.91 Å². The second-order valence-corrected chi connectivity index (χ2v) is 3.41. The molecule has 1 rings (SSSR count). The van der Waals surface area contributed by atoms with E-state index < -0.39 is 0 Å². The minimum Gasteiger partial charge on any atom is -0.497 e. The lowest BCUT2D eigenvalue weighted by atomic mass is 10.1. The van der Waals surface area contributed by atoms with Gasteiger partial charge in [0, 0.05) is 19.5 Å². The fraction of sp³-hybridized carbons (Fsp3) is 0.417. The predicted molar refractivity (Wildman–Crippen MR) is 61.9 cm³/mol. The fourth-order valence-corrected chi connectivity index (χ4v) is 1.43. The highest BCUT2D eigenvalue weighted by atomic mass is 16.5. The van der Waals surface area contributed by atoms with E-state index in [0.29, 0.717) is 6.54 Å². The first kappa shape index (κ1) is 12.4. The number of ether oxygens (including phenoxy) is 2. The number of nitrogens with one attached hydrogen (secondary N) is 1. The Morgan fingerprint density at radius 2 is 2.06 bits per heavy atom. The summed E-state index contributed by atoms with van der Waals surface area (Å²) >= 11 is 0. The van der Waals surface area contributed by atoms with E-state index in [2.05, 4.69) is 5.32 Å². The van der Waals surface area contributed by atoms with Crippen LogP contribution in [0.25, 0.3) is 0 Å². The van der Waals surface area contributed by atoms with Crippen molar-refractivity contribution in [3.05, 3.63) is 23.8 Å². The molecule has 1 aromatic rings. The Labute approximate surface area is 95.6 Å². The molecule has 88 valence electrons. The molecule has 1 N–H and O–H groups in total. The SMILES string of the molecule is COc1ccc(CCNC(C)=O)c(OC)c1. The molecule has 0 aliphatic carbocycles. The lowest BCUT2D eigenvalue weighted by molar-refractivity contribution is -0.118. The molecule has 0 bridgehead atoms. The van der Waals surface area contributed by atoms with Crippen LogP contribution in [0, 0.1) is 0 Å². The summed E-state index contributed by atoms with van der Waals surface area (Å²) in [4.78, 5) is 10.7. The molecule has 1 amide bonds. The first-order chi connectivity index (χ1) is 7.67. The van der Waals surface area contributed by atoms with Gasteiger partial charge in [-0.2, -0.15) is 0 Å². The van der Waals surface area contributed by atoms with Crippen molar-refractivity contribution in [1.29, 1.82) is 0 Å². The average molecular weight is 223 g/mol. The maximum atomic E-state index is 10.7. The number of rotatable bonds is 5. The van der Waals surface area contributed by atoms with Crippen LogP contribution in [0.1, 0.15) is 12.5 Å². The van der Waals surface area contributed by atoms with Crippen molar-refractivity contribution in [2.24, 2.45) is 0 Å². The van der Waals surface area contributed by atoms with E-state index in [1.165, 1.54) is 6.92 Å². The summed E-state index contributed by atoms with van der Waals surface area (Å²) < 4.78 is 10.4. The number of hydrogen-bond donors (Lipinski definition) is 1. The summed E-state index contributed by atoms with van der Waals surface area (Å²) in [5.41, 5.74) is 1.05. The summed E-state index contributed by atoms with van der Waals surface area (Å²) in [7, 11) is 3.24. The van der Waals surface area contributed by atoms with E-state index in [1.807, 2.05) is 18.2 Å². The van der Waals surface area contributed by atoms with Crippen LogP contribution >= 0.6 is 0 Å². The molecule has 16 heavy (non-hydrogen) atoms. The highest BCUT2D eigenvalue weighted by molar-refractivity contribution is 5.72. The lowest BCUT2D eigenvalue weighted by Crippen LogP contribution is -2.22. The molecule has 0 aliphatic heterocycles. The molecule has 4 nitrogen and oxygen atoms in total. The zero-order chi connectivity index (χ0) is 12.0. The van der Waals surface area contributed by atoms with Gasteiger partial charge in [-0.25, -0.2) is 0 Å². The fourth-order valence-electron chi connectivity index (χ4n) is 1.43. The van der Waals surface area contributed by atoms with Crippen molar-refractivity contribution in [1.82, 2.24) is 5.32 Å². The van der Waals surface area contributed by atoms with Crippen LogP contribution < -0.4 is 14.8 Å². The molecule has 0 unspecified atom stereocenters. The van der Waals surface area contributed by atoms with E-state index in [1.54, 1.807) is 14.2 Å². The minimum atomic E-state index is -0.0209. The van der Waals surface area contributed by atoms with Gasteiger partial charge in [0.15, 0.2) is 0 Å². The highest BCUT2D eigenvalue weighted by Crippen LogP contribution is 2.24. The smallest absolute Gasteiger partial charge is 0.216 e. The normalized spacial score (nSPS) is 9.69. The van der Waals surface area contributed by atoms with Crippen molar-refractivity contribution in [2.45, 2.75) is 13.3 Å². The molecular weight excluding hydrogens is 206 g/mol. The molecular formula is C12H17NO3. The molecule has 4 heteroatoms. The first-order valence-electron chi connectivity index (χ1n) is 5.12. The van der Waals surface area contributed by atoms with Crippen LogP contribution in [0.5, 0.6) is 11.5 Å². The number of benzene rings is 1. The highest BCUT2D eigenvalue weighted by Gasteiger charge is 2.04. The topological polar surface area (TPSA) is 47.6 Å². The van der Waals surface area contributed by atoms with Gasteiger partial charge in [0.1, 0.15) is 11.5 Å². The summed E-state index contributed by atoms with van der Waals surface area (Å²) in [6, 6.07) is 5.66. The Bertz CT molecular complexity index is 363. The second-order valence-electron chi connectivity index (χ2n) is 3.41. The molecule has 0 aromatic heterocycles. The zero-order valence-electron chi connectivity index (χ0n) is 9.87. The molecule has 0 radical (unpaired) electrons. The van der Waals surface area contributed by atoms with Gasteiger partial charge in [-0.15, -0.1) is 0 Å². The molecule has 0 atom stereocenters. The largest absolute Gasteiger partial charge is 0.497 e. The zero-order valence-corrected chi connectivity index (χ0v) is 9.87. The Morgan fingerprint density at radius 1 is 1.31 bits per heavy atom. The maximum Gasteiger partial charge on any atom is 0.216 e. The van der Waals surface area contributed by atoms with Gasteiger partial charge in [-0.1, -0.05) is 6.07 Å². The molecule has 0 fully saturated rings. The second kappa shape index (κ2) is 6.00. The molecule has 0 saturated carbocycles. The summed E-state index contributed by atoms with van der Waals surface area (Å²) in [5.74, 6) is 1.53. The van der Waals surface area contributed by atoms with E-state index in [0.717, 1.165) is 23.5 Å². The average Bonchev–Trinajstić information content (AvgIpc) is 2.29. The van der Waals surface area contributed by atoms with Gasteiger partial charge in [-0.05, 0) is 18.1 Å². The van der Waals surface area contributed by atoms with Crippen LogP contribution in [0.4, 0.5) is 0 Å². The van der Waals surface area contributed by atoms with Crippen LogP contribution in [-0.4, -0.2) is 26.7 Å². The first-order valence-corrected chi connectivity index (χ1v) is 5.12. The van der Waals surface area contributed by atoms with Crippen molar-refractivity contribution < 1.29 is 14.3 Å². The van der Waals surface area contributed by atoms with Crippen molar-refractivity contribution in [2.75, 3.05) is 20.8 Å². The Hall–Kier alpha value is -1.71. The predicted octanol–water partition coefficient (Wildman–Crippen LogP) is 1.38. The van der Waals surface area contributed by atoms with Gasteiger partial charge in [-0.3, -0.25) is 4.79 Å². The maximum absolute atomic E-state index is 10.7. The van der Waals surface area contributed by atoms with E-state index >= 15 is 0 Å². The standard InChI is InChI=1S/C12H17NO3/c1-9(14)13-7-6-10-4-5-11(15-2)8-12(10)16-3/h4-5,8H,6-7H2,1-3H3,(H,13,14). The van der Waals surface area contributed by atoms with Crippen LogP contribution in [-0.2, 0) is 11.2 Å². The van der Waals surface area contributed by atoms with E-state index in [4.69, 9.17) is 9.47 Å². The van der Waals surface area contributed by atoms with Gasteiger partial charge < -0.3 is 14.8 Å². The third-order valence-corrected chi connectivity index (χ3v) is 2.26. The van der Waals surface area contributed by atoms with Crippen molar-refractivity contribution in [3.63, 3.8) is 0 Å². The summed E-state index contributed by atoms with van der Waals surface area (Å²) in [5, 5.41) is 2.75. The number of carbonyl (C=O) groups excluding carboxylic acids is 1. The number of amides is 1.